The summed E-state index contributed by atoms with van der Waals surface area (Å²) in [7, 11) is 4.91. The average Bonchev–Trinajstić information content (AvgIpc) is 3.04. The smallest absolute Gasteiger partial charge is 0.345 e. The lowest BCUT2D eigenvalue weighted by molar-refractivity contribution is 0.423. The van der Waals surface area contributed by atoms with Gasteiger partial charge >= 0.3 is 5.63 Å². The van der Waals surface area contributed by atoms with Gasteiger partial charge < -0.3 is 18.5 Å². The molecule has 124 valence electrons. The van der Waals surface area contributed by atoms with Crippen LogP contribution in [0.4, 0.5) is 0 Å². The van der Waals surface area contributed by atoms with Gasteiger partial charge in [-0.3, -0.25) is 0 Å². The summed E-state index contributed by atoms with van der Waals surface area (Å²) in [5.41, 5.74) is -0.212. The fraction of sp³-hybridized carbons (Fsp3) is 0.167. The van der Waals surface area contributed by atoms with Crippen LogP contribution in [0.1, 0.15) is 0 Å². The lowest BCUT2D eigenvalue weighted by Crippen LogP contribution is -2.41. The van der Waals surface area contributed by atoms with Crippen LogP contribution < -0.4 is 20.8 Å². The van der Waals surface area contributed by atoms with Gasteiger partial charge in [0.2, 0.25) is 0 Å². The van der Waals surface area contributed by atoms with Crippen molar-refractivity contribution in [2.45, 2.75) is 0 Å². The molecular weight excluding hydrogens is 322 g/mol. The van der Waals surface area contributed by atoms with Crippen molar-refractivity contribution < 1.29 is 13.6 Å². The van der Waals surface area contributed by atoms with E-state index in [9.17, 15) is 15.3 Å². The molecule has 0 N–H and O–H groups in total. The molecule has 1 aromatic carbocycles. The van der Waals surface area contributed by atoms with Crippen molar-refractivity contribution in [1.82, 2.24) is 4.90 Å². The number of methoxy groups -OCH3 is 1. The second-order valence-electron chi connectivity index (χ2n) is 5.48. The SMILES string of the molecule is COc1c2ccoc2cc2oc(=O)/c(=C\N(C)C)c(=C(C#N)C#N)c12. The fourth-order valence-electron chi connectivity index (χ4n) is 2.75. The molecule has 0 radical (unpaired) electrons. The Morgan fingerprint density at radius 1 is 1.28 bits per heavy atom. The van der Waals surface area contributed by atoms with E-state index in [1.807, 2.05) is 12.1 Å². The predicted octanol–water partition coefficient (Wildman–Crippen LogP) is 1.05. The van der Waals surface area contributed by atoms with Gasteiger partial charge in [-0.1, -0.05) is 0 Å². The number of ether oxygens (including phenoxy) is 1. The van der Waals surface area contributed by atoms with Gasteiger partial charge in [0.05, 0.1) is 29.4 Å². The summed E-state index contributed by atoms with van der Waals surface area (Å²) in [4.78, 5) is 14.1. The molecule has 2 heterocycles. The zero-order valence-corrected chi connectivity index (χ0v) is 13.8. The van der Waals surface area contributed by atoms with E-state index in [4.69, 9.17) is 13.6 Å². The Bertz CT molecular complexity index is 1230. The number of furan rings is 1. The first kappa shape index (κ1) is 16.2. The molecule has 3 aromatic rings. The molecule has 7 heteroatoms. The fourth-order valence-corrected chi connectivity index (χ4v) is 2.75. The lowest BCUT2D eigenvalue weighted by Gasteiger charge is -2.09. The zero-order chi connectivity index (χ0) is 18.1. The van der Waals surface area contributed by atoms with Crippen LogP contribution in [0.3, 0.4) is 0 Å². The highest BCUT2D eigenvalue weighted by Gasteiger charge is 2.17. The molecular formula is C18H13N3O4. The van der Waals surface area contributed by atoms with Gasteiger partial charge in [-0.25, -0.2) is 4.79 Å². The van der Waals surface area contributed by atoms with Crippen LogP contribution in [-0.2, 0) is 0 Å². The minimum atomic E-state index is -0.660. The molecule has 0 saturated heterocycles. The van der Waals surface area contributed by atoms with Gasteiger partial charge in [0.1, 0.15) is 34.6 Å². The van der Waals surface area contributed by atoms with Gasteiger partial charge in [0.25, 0.3) is 0 Å². The summed E-state index contributed by atoms with van der Waals surface area (Å²) in [5, 5.41) is 20.1. The van der Waals surface area contributed by atoms with E-state index in [-0.39, 0.29) is 21.6 Å². The monoisotopic (exact) mass is 335 g/mol. The minimum Gasteiger partial charge on any atom is -0.495 e. The van der Waals surface area contributed by atoms with E-state index in [0.29, 0.717) is 22.1 Å². The van der Waals surface area contributed by atoms with Crippen LogP contribution in [0.2, 0.25) is 0 Å². The molecule has 0 fully saturated rings. The van der Waals surface area contributed by atoms with Crippen LogP contribution in [0.25, 0.3) is 33.7 Å². The highest BCUT2D eigenvalue weighted by Crippen LogP contribution is 2.32. The molecule has 0 spiro atoms. The van der Waals surface area contributed by atoms with E-state index in [0.717, 1.165) is 0 Å². The van der Waals surface area contributed by atoms with Gasteiger partial charge in [0.15, 0.2) is 0 Å². The average molecular weight is 335 g/mol. The van der Waals surface area contributed by atoms with Gasteiger partial charge in [0, 0.05) is 31.6 Å². The van der Waals surface area contributed by atoms with Crippen LogP contribution in [0.15, 0.2) is 32.0 Å². The number of hydrogen-bond acceptors (Lipinski definition) is 7. The first-order valence-corrected chi connectivity index (χ1v) is 7.25. The number of benzene rings is 1. The Hall–Kier alpha value is -3.71. The van der Waals surface area contributed by atoms with Crippen molar-refractivity contribution in [3.8, 4) is 17.9 Å². The summed E-state index contributed by atoms with van der Waals surface area (Å²) in [6.07, 6.45) is 2.99. The standard InChI is InChI=1S/C18H13N3O4/c1-21(2)9-12-15(10(7-19)8-20)16-14(25-18(12)22)6-13-11(4-5-24-13)17(16)23-3/h4-6,9H,1-3H3/b12-9-. The summed E-state index contributed by atoms with van der Waals surface area (Å²) in [5.74, 6) is 0.372. The molecule has 25 heavy (non-hydrogen) atoms. The summed E-state index contributed by atoms with van der Waals surface area (Å²) >= 11 is 0. The molecule has 0 aliphatic rings. The number of fused-ring (bicyclic) bond motifs is 2. The van der Waals surface area contributed by atoms with Crippen LogP contribution in [-0.4, -0.2) is 26.1 Å². The molecule has 2 aromatic heterocycles. The lowest BCUT2D eigenvalue weighted by atomic mass is 10.1. The number of nitrogens with zero attached hydrogens (tertiary/aromatic N) is 3. The maximum Gasteiger partial charge on any atom is 0.345 e. The normalized spacial score (nSPS) is 11.3. The van der Waals surface area contributed by atoms with Crippen molar-refractivity contribution in [2.24, 2.45) is 0 Å². The third-order valence-electron chi connectivity index (χ3n) is 3.68. The Balaban J connectivity index is 2.82. The number of hydrogen-bond donors (Lipinski definition) is 0. The van der Waals surface area contributed by atoms with E-state index < -0.39 is 5.63 Å². The Morgan fingerprint density at radius 2 is 2.00 bits per heavy atom. The molecule has 0 aliphatic heterocycles. The minimum absolute atomic E-state index is 0.108. The summed E-state index contributed by atoms with van der Waals surface area (Å²) < 4.78 is 16.3. The van der Waals surface area contributed by atoms with Gasteiger partial charge in [-0.05, 0) is 6.07 Å². The summed E-state index contributed by atoms with van der Waals surface area (Å²) in [6.45, 7) is 0. The molecule has 0 atom stereocenters. The molecule has 0 amide bonds. The molecule has 0 aliphatic carbocycles. The second-order valence-corrected chi connectivity index (χ2v) is 5.48. The molecule has 3 rings (SSSR count). The number of rotatable bonds is 2. The van der Waals surface area contributed by atoms with E-state index in [1.165, 1.54) is 19.6 Å². The van der Waals surface area contributed by atoms with Gasteiger partial charge in [-0.2, -0.15) is 10.5 Å². The Kier molecular flexibility index (Phi) is 3.92. The van der Waals surface area contributed by atoms with Crippen molar-refractivity contribution in [3.05, 3.63) is 39.3 Å². The van der Waals surface area contributed by atoms with Crippen molar-refractivity contribution in [1.29, 1.82) is 10.5 Å². The van der Waals surface area contributed by atoms with E-state index >= 15 is 0 Å². The Labute approximate surface area is 141 Å². The number of nitriles is 2. The van der Waals surface area contributed by atoms with Crippen molar-refractivity contribution in [3.63, 3.8) is 0 Å². The molecule has 0 saturated carbocycles. The third-order valence-corrected chi connectivity index (χ3v) is 3.68. The quantitative estimate of drug-likeness (QED) is 0.645. The maximum atomic E-state index is 12.5. The largest absolute Gasteiger partial charge is 0.495 e. The van der Waals surface area contributed by atoms with Crippen LogP contribution >= 0.6 is 0 Å². The Morgan fingerprint density at radius 3 is 2.60 bits per heavy atom. The molecule has 7 nitrogen and oxygen atoms in total. The van der Waals surface area contributed by atoms with E-state index in [1.54, 1.807) is 31.1 Å². The van der Waals surface area contributed by atoms with Gasteiger partial charge in [-0.15, -0.1) is 0 Å². The maximum absolute atomic E-state index is 12.5. The van der Waals surface area contributed by atoms with E-state index in [2.05, 4.69) is 0 Å². The topological polar surface area (TPSA) is 103 Å². The van der Waals surface area contributed by atoms with Crippen molar-refractivity contribution in [2.75, 3.05) is 21.2 Å². The van der Waals surface area contributed by atoms with Crippen LogP contribution in [0.5, 0.6) is 5.75 Å². The van der Waals surface area contributed by atoms with Crippen molar-refractivity contribution >= 4 is 33.7 Å². The second kappa shape index (κ2) is 6.06. The summed E-state index contributed by atoms with van der Waals surface area (Å²) in [6, 6.07) is 6.95. The zero-order valence-electron chi connectivity index (χ0n) is 13.8. The molecule has 0 unspecified atom stereocenters. The highest BCUT2D eigenvalue weighted by atomic mass is 16.5. The first-order chi connectivity index (χ1) is 12.0. The molecule has 0 bridgehead atoms. The highest BCUT2D eigenvalue weighted by molar-refractivity contribution is 6.02. The third kappa shape index (κ3) is 2.48. The first-order valence-electron chi connectivity index (χ1n) is 7.25. The van der Waals surface area contributed by atoms with Crippen LogP contribution in [0, 0.1) is 22.7 Å². The predicted molar refractivity (Wildman–Crippen MR) is 90.8 cm³/mol.